The first-order chi connectivity index (χ1) is 13.2. The minimum atomic E-state index is -1.15. The molecule has 0 aliphatic rings. The van der Waals surface area contributed by atoms with E-state index in [1.54, 1.807) is 12.1 Å². The number of aliphatic carboxylic acids is 1. The van der Waals surface area contributed by atoms with Gasteiger partial charge in [-0.05, 0) is 43.0 Å². The number of hydrogen-bond donors (Lipinski definition) is 3. The number of nitrogens with one attached hydrogen (secondary N) is 2. The molecule has 148 valence electrons. The smallest absolute Gasteiger partial charge is 0.330 e. The summed E-state index contributed by atoms with van der Waals surface area (Å²) in [4.78, 5) is 36.0. The molecule has 0 heterocycles. The molecule has 0 fully saturated rings. The molecule has 0 aromatic heterocycles. The summed E-state index contributed by atoms with van der Waals surface area (Å²) < 4.78 is 0. The van der Waals surface area contributed by atoms with Gasteiger partial charge in [0, 0.05) is 6.92 Å². The van der Waals surface area contributed by atoms with Crippen LogP contribution in [-0.4, -0.2) is 22.9 Å². The summed E-state index contributed by atoms with van der Waals surface area (Å²) in [6, 6.07) is 11.2. The summed E-state index contributed by atoms with van der Waals surface area (Å²) in [5.74, 6) is -1.84. The van der Waals surface area contributed by atoms with Gasteiger partial charge < -0.3 is 15.7 Å². The summed E-state index contributed by atoms with van der Waals surface area (Å²) in [7, 11) is 0. The van der Waals surface area contributed by atoms with Crippen LogP contribution in [0, 0.1) is 20.8 Å². The number of carbonyl (C=O) groups is 3. The van der Waals surface area contributed by atoms with Crippen molar-refractivity contribution in [1.82, 2.24) is 10.6 Å². The molecule has 0 aliphatic carbocycles. The SMILES string of the molecule is CC(=O)NC(CC(=O)NC(C(=O)O)c1cccc(C)c1C)c1ccc(C)cc1. The molecule has 0 aliphatic heterocycles. The third-order valence-corrected chi connectivity index (χ3v) is 4.76. The molecule has 28 heavy (non-hydrogen) atoms. The third-order valence-electron chi connectivity index (χ3n) is 4.76. The van der Waals surface area contributed by atoms with Gasteiger partial charge in [-0.3, -0.25) is 9.59 Å². The van der Waals surface area contributed by atoms with E-state index in [1.807, 2.05) is 51.1 Å². The van der Waals surface area contributed by atoms with E-state index in [1.165, 1.54) is 6.92 Å². The lowest BCUT2D eigenvalue weighted by Crippen LogP contribution is -2.37. The second-order valence-electron chi connectivity index (χ2n) is 7.00. The molecule has 0 bridgehead atoms. The van der Waals surface area contributed by atoms with Crippen molar-refractivity contribution in [2.24, 2.45) is 0 Å². The highest BCUT2D eigenvalue weighted by Gasteiger charge is 2.26. The Hall–Kier alpha value is -3.15. The van der Waals surface area contributed by atoms with Crippen molar-refractivity contribution >= 4 is 17.8 Å². The molecule has 3 N–H and O–H groups in total. The zero-order chi connectivity index (χ0) is 20.8. The van der Waals surface area contributed by atoms with E-state index < -0.39 is 24.0 Å². The average Bonchev–Trinajstić information content (AvgIpc) is 2.62. The van der Waals surface area contributed by atoms with Crippen LogP contribution in [0.15, 0.2) is 42.5 Å². The molecular weight excluding hydrogens is 356 g/mol. The van der Waals surface area contributed by atoms with Crippen molar-refractivity contribution in [2.75, 3.05) is 0 Å². The first-order valence-corrected chi connectivity index (χ1v) is 9.11. The molecule has 0 spiro atoms. The van der Waals surface area contributed by atoms with Gasteiger partial charge in [0.15, 0.2) is 6.04 Å². The minimum absolute atomic E-state index is 0.0582. The minimum Gasteiger partial charge on any atom is -0.479 e. The molecular formula is C22H26N2O4. The van der Waals surface area contributed by atoms with Crippen LogP contribution < -0.4 is 10.6 Å². The van der Waals surface area contributed by atoms with Crippen molar-refractivity contribution in [3.8, 4) is 0 Å². The number of carboxylic acid groups (broad SMARTS) is 1. The topological polar surface area (TPSA) is 95.5 Å². The summed E-state index contributed by atoms with van der Waals surface area (Å²) in [6.07, 6.45) is -0.0582. The maximum Gasteiger partial charge on any atom is 0.330 e. The predicted octanol–water partition coefficient (Wildman–Crippen LogP) is 3.12. The van der Waals surface area contributed by atoms with Crippen molar-refractivity contribution in [3.05, 3.63) is 70.3 Å². The Bertz CT molecular complexity index is 875. The zero-order valence-corrected chi connectivity index (χ0v) is 16.6. The quantitative estimate of drug-likeness (QED) is 0.686. The summed E-state index contributed by atoms with van der Waals surface area (Å²) in [5.41, 5.74) is 4.18. The van der Waals surface area contributed by atoms with E-state index in [2.05, 4.69) is 10.6 Å². The van der Waals surface area contributed by atoms with Gasteiger partial charge in [0.25, 0.3) is 0 Å². The number of hydrogen-bond acceptors (Lipinski definition) is 3. The Labute approximate surface area is 165 Å². The Morgan fingerprint density at radius 3 is 2.18 bits per heavy atom. The van der Waals surface area contributed by atoms with Crippen LogP contribution in [0.4, 0.5) is 0 Å². The fourth-order valence-electron chi connectivity index (χ4n) is 3.06. The highest BCUT2D eigenvalue weighted by atomic mass is 16.4. The molecule has 2 aromatic rings. The van der Waals surface area contributed by atoms with Gasteiger partial charge in [0.1, 0.15) is 0 Å². The number of carboxylic acids is 1. The van der Waals surface area contributed by atoms with Crippen molar-refractivity contribution in [3.63, 3.8) is 0 Å². The Morgan fingerprint density at radius 2 is 1.61 bits per heavy atom. The maximum absolute atomic E-state index is 12.6. The van der Waals surface area contributed by atoms with E-state index in [0.29, 0.717) is 5.56 Å². The lowest BCUT2D eigenvalue weighted by atomic mass is 9.96. The molecule has 2 rings (SSSR count). The standard InChI is InChI=1S/C22H26N2O4/c1-13-8-10-17(11-9-13)19(23-16(4)25)12-20(26)24-21(22(27)28)18-7-5-6-14(2)15(18)3/h5-11,19,21H,12H2,1-4H3,(H,23,25)(H,24,26)(H,27,28). The number of carbonyl (C=O) groups excluding carboxylic acids is 2. The molecule has 0 saturated heterocycles. The fourth-order valence-corrected chi connectivity index (χ4v) is 3.06. The molecule has 2 aromatic carbocycles. The first-order valence-electron chi connectivity index (χ1n) is 9.11. The predicted molar refractivity (Wildman–Crippen MR) is 107 cm³/mol. The Morgan fingerprint density at radius 1 is 0.964 bits per heavy atom. The average molecular weight is 382 g/mol. The molecule has 2 atom stereocenters. The molecule has 2 amide bonds. The lowest BCUT2D eigenvalue weighted by molar-refractivity contribution is -0.142. The van der Waals surface area contributed by atoms with Crippen LogP contribution in [-0.2, 0) is 14.4 Å². The number of amides is 2. The molecule has 2 unspecified atom stereocenters. The molecule has 6 heteroatoms. The van der Waals surface area contributed by atoms with Gasteiger partial charge in [0.05, 0.1) is 12.5 Å². The monoisotopic (exact) mass is 382 g/mol. The van der Waals surface area contributed by atoms with Crippen LogP contribution >= 0.6 is 0 Å². The normalized spacial score (nSPS) is 12.7. The number of benzene rings is 2. The van der Waals surface area contributed by atoms with Crippen molar-refractivity contribution in [1.29, 1.82) is 0 Å². The fraction of sp³-hybridized carbons (Fsp3) is 0.318. The van der Waals surface area contributed by atoms with Gasteiger partial charge in [0.2, 0.25) is 11.8 Å². The van der Waals surface area contributed by atoms with E-state index in [-0.39, 0.29) is 12.3 Å². The van der Waals surface area contributed by atoms with E-state index >= 15 is 0 Å². The van der Waals surface area contributed by atoms with Gasteiger partial charge in [-0.15, -0.1) is 0 Å². The Balaban J connectivity index is 2.21. The summed E-state index contributed by atoms with van der Waals surface area (Å²) in [5, 5.41) is 15.0. The van der Waals surface area contributed by atoms with Crippen molar-refractivity contribution < 1.29 is 19.5 Å². The van der Waals surface area contributed by atoms with Crippen LogP contribution in [0.2, 0.25) is 0 Å². The van der Waals surface area contributed by atoms with Crippen LogP contribution in [0.3, 0.4) is 0 Å². The lowest BCUT2D eigenvalue weighted by Gasteiger charge is -2.21. The van der Waals surface area contributed by atoms with Gasteiger partial charge >= 0.3 is 5.97 Å². The van der Waals surface area contributed by atoms with E-state index in [9.17, 15) is 19.5 Å². The van der Waals surface area contributed by atoms with E-state index in [4.69, 9.17) is 0 Å². The molecule has 0 radical (unpaired) electrons. The second kappa shape index (κ2) is 9.17. The highest BCUT2D eigenvalue weighted by Crippen LogP contribution is 2.23. The van der Waals surface area contributed by atoms with Gasteiger partial charge in [-0.1, -0.05) is 48.0 Å². The van der Waals surface area contributed by atoms with Crippen LogP contribution in [0.25, 0.3) is 0 Å². The molecule has 6 nitrogen and oxygen atoms in total. The maximum atomic E-state index is 12.6. The Kier molecular flexibility index (Phi) is 6.93. The highest BCUT2D eigenvalue weighted by molar-refractivity contribution is 5.85. The van der Waals surface area contributed by atoms with Crippen molar-refractivity contribution in [2.45, 2.75) is 46.2 Å². The molecule has 0 saturated carbocycles. The van der Waals surface area contributed by atoms with Crippen LogP contribution in [0.5, 0.6) is 0 Å². The van der Waals surface area contributed by atoms with Gasteiger partial charge in [-0.25, -0.2) is 4.79 Å². The number of aryl methyl sites for hydroxylation is 2. The summed E-state index contributed by atoms with van der Waals surface area (Å²) >= 11 is 0. The van der Waals surface area contributed by atoms with E-state index in [0.717, 1.165) is 22.3 Å². The largest absolute Gasteiger partial charge is 0.479 e. The van der Waals surface area contributed by atoms with Crippen LogP contribution in [0.1, 0.15) is 53.2 Å². The second-order valence-corrected chi connectivity index (χ2v) is 7.00. The third kappa shape index (κ3) is 5.42. The number of rotatable bonds is 7. The van der Waals surface area contributed by atoms with Gasteiger partial charge in [-0.2, -0.15) is 0 Å². The first kappa shape index (κ1) is 21.2. The summed E-state index contributed by atoms with van der Waals surface area (Å²) in [6.45, 7) is 7.06. The zero-order valence-electron chi connectivity index (χ0n) is 16.6.